The van der Waals surface area contributed by atoms with Gasteiger partial charge in [-0.3, -0.25) is 0 Å². The predicted octanol–water partition coefficient (Wildman–Crippen LogP) is 2.83. The molecule has 0 saturated carbocycles. The second-order valence-electron chi connectivity index (χ2n) is 5.78. The molecule has 1 aromatic carbocycles. The van der Waals surface area contributed by atoms with Crippen molar-refractivity contribution in [1.29, 1.82) is 0 Å². The number of rotatable bonds is 1. The summed E-state index contributed by atoms with van der Waals surface area (Å²) in [7, 11) is 0. The maximum atomic E-state index is 6.17. The summed E-state index contributed by atoms with van der Waals surface area (Å²) in [5, 5.41) is 2.40. The molecule has 0 amide bonds. The lowest BCUT2D eigenvalue weighted by atomic mass is 10.00. The molecule has 4 nitrogen and oxygen atoms in total. The number of hydrogen-bond acceptors (Lipinski definition) is 3. The van der Waals surface area contributed by atoms with E-state index in [9.17, 15) is 0 Å². The summed E-state index contributed by atoms with van der Waals surface area (Å²) in [4.78, 5) is 4.50. The molecule has 2 N–H and O–H groups in total. The Kier molecular flexibility index (Phi) is 2.88. The molecule has 0 spiro atoms. The maximum Gasteiger partial charge on any atom is 0.220 e. The highest BCUT2D eigenvalue weighted by molar-refractivity contribution is 5.79. The maximum absolute atomic E-state index is 6.17. The largest absolute Gasteiger partial charge is 0.368 e. The highest BCUT2D eigenvalue weighted by atomic mass is 15.6. The molecule has 2 aromatic rings. The average Bonchev–Trinajstić information content (AvgIpc) is 2.66. The Bertz CT molecular complexity index is 591. The zero-order chi connectivity index (χ0) is 13.6. The lowest BCUT2D eigenvalue weighted by Gasteiger charge is -2.41. The first-order valence-electron chi connectivity index (χ1n) is 7.11. The van der Waals surface area contributed by atoms with Crippen LogP contribution in [0.5, 0.6) is 0 Å². The van der Waals surface area contributed by atoms with Crippen LogP contribution in [0.2, 0.25) is 0 Å². The third kappa shape index (κ3) is 1.95. The van der Waals surface area contributed by atoms with Crippen LogP contribution in [0.15, 0.2) is 18.2 Å². The molecule has 0 aliphatic carbocycles. The van der Waals surface area contributed by atoms with E-state index in [1.54, 1.807) is 0 Å². The number of anilines is 1. The van der Waals surface area contributed by atoms with Crippen LogP contribution >= 0.6 is 0 Å². The molecule has 2 heterocycles. The van der Waals surface area contributed by atoms with Crippen LogP contribution in [0.1, 0.15) is 38.7 Å². The Morgan fingerprint density at radius 3 is 2.58 bits per heavy atom. The normalized spacial score (nSPS) is 24.1. The highest BCUT2D eigenvalue weighted by Crippen LogP contribution is 2.27. The van der Waals surface area contributed by atoms with Crippen LogP contribution in [-0.4, -0.2) is 21.7 Å². The van der Waals surface area contributed by atoms with Gasteiger partial charge in [-0.15, -0.1) is 0 Å². The average molecular weight is 258 g/mol. The van der Waals surface area contributed by atoms with E-state index in [1.807, 2.05) is 0 Å². The number of nitrogens with two attached hydrogens (primary N) is 1. The summed E-state index contributed by atoms with van der Waals surface area (Å²) >= 11 is 0. The van der Waals surface area contributed by atoms with Crippen molar-refractivity contribution in [3.05, 3.63) is 23.8 Å². The lowest BCUT2D eigenvalue weighted by Crippen LogP contribution is -2.51. The van der Waals surface area contributed by atoms with Crippen LogP contribution in [0, 0.1) is 6.92 Å². The van der Waals surface area contributed by atoms with Crippen molar-refractivity contribution in [2.75, 3.05) is 10.7 Å². The molecular formula is C15H22N4. The monoisotopic (exact) mass is 258 g/mol. The van der Waals surface area contributed by atoms with Gasteiger partial charge in [0, 0.05) is 12.1 Å². The molecule has 0 bridgehead atoms. The number of benzene rings is 1. The fraction of sp³-hybridized carbons (Fsp3) is 0.533. The van der Waals surface area contributed by atoms with Crippen LogP contribution < -0.4 is 10.7 Å². The van der Waals surface area contributed by atoms with Crippen molar-refractivity contribution >= 4 is 17.0 Å². The minimum absolute atomic E-state index is 0.504. The molecule has 2 atom stereocenters. The van der Waals surface area contributed by atoms with Gasteiger partial charge in [0.25, 0.3) is 0 Å². The zero-order valence-corrected chi connectivity index (χ0v) is 11.9. The quantitative estimate of drug-likeness (QED) is 0.855. The lowest BCUT2D eigenvalue weighted by molar-refractivity contribution is 0.343. The first-order chi connectivity index (χ1) is 9.08. The minimum atomic E-state index is 0.504. The molecule has 19 heavy (non-hydrogen) atoms. The van der Waals surface area contributed by atoms with Gasteiger partial charge in [0.1, 0.15) is 0 Å². The number of nitrogen functional groups attached to an aromatic ring is 1. The molecule has 4 heteroatoms. The molecule has 1 aliphatic rings. The van der Waals surface area contributed by atoms with E-state index in [0.717, 1.165) is 11.0 Å². The van der Waals surface area contributed by atoms with E-state index in [1.165, 1.54) is 24.8 Å². The molecule has 1 aliphatic heterocycles. The van der Waals surface area contributed by atoms with Crippen LogP contribution in [0.3, 0.4) is 0 Å². The fourth-order valence-electron chi connectivity index (χ4n) is 3.24. The van der Waals surface area contributed by atoms with Crippen LogP contribution in [0.4, 0.5) is 5.95 Å². The van der Waals surface area contributed by atoms with Crippen LogP contribution in [-0.2, 0) is 0 Å². The van der Waals surface area contributed by atoms with Gasteiger partial charge < -0.3 is 10.7 Å². The third-order valence-corrected chi connectivity index (χ3v) is 4.19. The summed E-state index contributed by atoms with van der Waals surface area (Å²) in [6.45, 7) is 6.66. The van der Waals surface area contributed by atoms with E-state index in [4.69, 9.17) is 5.73 Å². The topological polar surface area (TPSA) is 47.1 Å². The van der Waals surface area contributed by atoms with Crippen LogP contribution in [0.25, 0.3) is 11.0 Å². The number of piperidine rings is 1. The Morgan fingerprint density at radius 2 is 1.89 bits per heavy atom. The van der Waals surface area contributed by atoms with Gasteiger partial charge in [-0.05, 0) is 57.7 Å². The summed E-state index contributed by atoms with van der Waals surface area (Å²) in [5.41, 5.74) is 9.51. The number of aryl methyl sites for hydroxylation is 1. The molecule has 3 rings (SSSR count). The summed E-state index contributed by atoms with van der Waals surface area (Å²) in [6, 6.07) is 7.32. The smallest absolute Gasteiger partial charge is 0.220 e. The summed E-state index contributed by atoms with van der Waals surface area (Å²) in [6.07, 6.45) is 3.73. The standard InChI is InChI=1S/C15H22N4/c1-10-7-8-13-14(9-10)19(15(16)17-13)18-11(2)5-4-6-12(18)3/h7-9,11-12H,4-6H2,1-3H3,(H2,16,17). The van der Waals surface area contributed by atoms with Crippen molar-refractivity contribution in [1.82, 2.24) is 9.66 Å². The van der Waals surface area contributed by atoms with Crippen molar-refractivity contribution in [2.24, 2.45) is 0 Å². The van der Waals surface area contributed by atoms with E-state index >= 15 is 0 Å². The fourth-order valence-corrected chi connectivity index (χ4v) is 3.24. The Hall–Kier alpha value is -1.71. The van der Waals surface area contributed by atoms with Gasteiger partial charge in [0.05, 0.1) is 11.0 Å². The molecule has 1 aromatic heterocycles. The first kappa shape index (κ1) is 12.3. The second-order valence-corrected chi connectivity index (χ2v) is 5.78. The first-order valence-corrected chi connectivity index (χ1v) is 7.11. The highest BCUT2D eigenvalue weighted by Gasteiger charge is 2.27. The van der Waals surface area contributed by atoms with E-state index in [2.05, 4.69) is 53.6 Å². The number of nitrogens with zero attached hydrogens (tertiary/aromatic N) is 3. The molecule has 1 fully saturated rings. The van der Waals surface area contributed by atoms with Gasteiger partial charge in [-0.1, -0.05) is 6.07 Å². The van der Waals surface area contributed by atoms with Gasteiger partial charge in [-0.25, -0.2) is 9.66 Å². The summed E-state index contributed by atoms with van der Waals surface area (Å²) < 4.78 is 2.12. The SMILES string of the molecule is Cc1ccc2nc(N)n(N3C(C)CCCC3C)c2c1. The van der Waals surface area contributed by atoms with E-state index in [0.29, 0.717) is 18.0 Å². The van der Waals surface area contributed by atoms with Gasteiger partial charge in [-0.2, -0.15) is 0 Å². The number of aromatic nitrogens is 2. The molecule has 2 unspecified atom stereocenters. The number of imidazole rings is 1. The van der Waals surface area contributed by atoms with E-state index in [-0.39, 0.29) is 0 Å². The Morgan fingerprint density at radius 1 is 1.21 bits per heavy atom. The molecule has 0 radical (unpaired) electrons. The van der Waals surface area contributed by atoms with Crippen molar-refractivity contribution < 1.29 is 0 Å². The third-order valence-electron chi connectivity index (χ3n) is 4.19. The number of fused-ring (bicyclic) bond motifs is 1. The Labute approximate surface area is 114 Å². The van der Waals surface area contributed by atoms with Gasteiger partial charge in [0.15, 0.2) is 0 Å². The molecule has 102 valence electrons. The Balaban J connectivity index is 2.17. The second kappa shape index (κ2) is 4.44. The van der Waals surface area contributed by atoms with Gasteiger partial charge >= 0.3 is 0 Å². The molecule has 1 saturated heterocycles. The van der Waals surface area contributed by atoms with Gasteiger partial charge in [0.2, 0.25) is 5.95 Å². The van der Waals surface area contributed by atoms with Crippen molar-refractivity contribution in [3.8, 4) is 0 Å². The molecular weight excluding hydrogens is 236 g/mol. The van der Waals surface area contributed by atoms with E-state index < -0.39 is 0 Å². The van der Waals surface area contributed by atoms with Crippen molar-refractivity contribution in [3.63, 3.8) is 0 Å². The predicted molar refractivity (Wildman–Crippen MR) is 79.9 cm³/mol. The number of hydrogen-bond donors (Lipinski definition) is 1. The van der Waals surface area contributed by atoms with Crippen molar-refractivity contribution in [2.45, 2.75) is 52.1 Å². The summed E-state index contributed by atoms with van der Waals surface area (Å²) in [5.74, 6) is 0.598. The zero-order valence-electron chi connectivity index (χ0n) is 11.9. The minimum Gasteiger partial charge on any atom is -0.368 e.